The second kappa shape index (κ2) is 14.8. The molecule has 1 amide bonds. The Balaban J connectivity index is 1.45. The molecule has 2 unspecified atom stereocenters. The van der Waals surface area contributed by atoms with Gasteiger partial charge in [-0.25, -0.2) is 8.42 Å². The van der Waals surface area contributed by atoms with Gasteiger partial charge in [0.15, 0.2) is 9.84 Å². The molecule has 0 aliphatic heterocycles. The van der Waals surface area contributed by atoms with Crippen LogP contribution in [-0.2, 0) is 14.6 Å². The van der Waals surface area contributed by atoms with Crippen LogP contribution < -0.4 is 5.32 Å². The third kappa shape index (κ3) is 8.51. The van der Waals surface area contributed by atoms with E-state index in [1.165, 1.54) is 5.56 Å². The molecule has 0 bridgehead atoms. The van der Waals surface area contributed by atoms with Crippen LogP contribution in [0, 0.1) is 0 Å². The van der Waals surface area contributed by atoms with Crippen LogP contribution in [0.1, 0.15) is 62.3 Å². The lowest BCUT2D eigenvalue weighted by molar-refractivity contribution is -0.121. The third-order valence-corrected chi connectivity index (χ3v) is 9.28. The van der Waals surface area contributed by atoms with Gasteiger partial charge in [0.1, 0.15) is 0 Å². The van der Waals surface area contributed by atoms with E-state index in [1.54, 1.807) is 54.6 Å². The van der Waals surface area contributed by atoms with Crippen molar-refractivity contribution in [1.82, 2.24) is 10.2 Å². The Bertz CT molecular complexity index is 1200. The van der Waals surface area contributed by atoms with Crippen molar-refractivity contribution in [2.75, 3.05) is 20.1 Å². The molecular weight excluding hydrogens is 496 g/mol. The van der Waals surface area contributed by atoms with Crippen molar-refractivity contribution in [3.05, 3.63) is 102 Å². The van der Waals surface area contributed by atoms with E-state index in [9.17, 15) is 18.3 Å². The minimum atomic E-state index is -3.76. The van der Waals surface area contributed by atoms with Gasteiger partial charge in [-0.1, -0.05) is 85.3 Å². The number of sulfone groups is 1. The maximum absolute atomic E-state index is 13.4. The molecule has 3 aromatic carbocycles. The van der Waals surface area contributed by atoms with E-state index in [-0.39, 0.29) is 17.2 Å². The lowest BCUT2D eigenvalue weighted by atomic mass is 10.0. The first-order valence-corrected chi connectivity index (χ1v) is 14.9. The van der Waals surface area contributed by atoms with Gasteiger partial charge in [0.2, 0.25) is 5.91 Å². The smallest absolute Gasteiger partial charge is 0.219 e. The Morgan fingerprint density at radius 1 is 0.842 bits per heavy atom. The van der Waals surface area contributed by atoms with Gasteiger partial charge in [0, 0.05) is 25.6 Å². The number of hydrogen-bond donors (Lipinski definition) is 2. The minimum Gasteiger partial charge on any atom is -0.387 e. The zero-order chi connectivity index (χ0) is 27.4. The summed E-state index contributed by atoms with van der Waals surface area (Å²) >= 11 is 0. The quantitative estimate of drug-likeness (QED) is 0.257. The Morgan fingerprint density at radius 2 is 1.39 bits per heavy atom. The average molecular weight is 537 g/mol. The van der Waals surface area contributed by atoms with Crippen LogP contribution in [0.4, 0.5) is 0 Å². The molecule has 38 heavy (non-hydrogen) atoms. The SMILES string of the molecule is C[C@H](c1ccccc1)N(C)CCCNC(=O)CCCCC(C(O)c1ccccc1)S(=O)(=O)c1ccccc1. The predicted octanol–water partition coefficient (Wildman–Crippen LogP) is 5.32. The third-order valence-electron chi connectivity index (χ3n) is 7.06. The van der Waals surface area contributed by atoms with E-state index in [1.807, 2.05) is 24.3 Å². The van der Waals surface area contributed by atoms with Crippen molar-refractivity contribution in [3.8, 4) is 0 Å². The van der Waals surface area contributed by atoms with Gasteiger partial charge in [0.05, 0.1) is 16.2 Å². The van der Waals surface area contributed by atoms with E-state index < -0.39 is 21.2 Å². The van der Waals surface area contributed by atoms with Gasteiger partial charge in [-0.05, 0) is 56.5 Å². The average Bonchev–Trinajstić information content (AvgIpc) is 2.95. The second-order valence-electron chi connectivity index (χ2n) is 9.77. The molecule has 6 nitrogen and oxygen atoms in total. The van der Waals surface area contributed by atoms with Crippen LogP contribution in [0.25, 0.3) is 0 Å². The Morgan fingerprint density at radius 3 is 2.00 bits per heavy atom. The fraction of sp³-hybridized carbons (Fsp3) is 0.387. The molecule has 0 heterocycles. The van der Waals surface area contributed by atoms with Gasteiger partial charge in [-0.15, -0.1) is 0 Å². The Kier molecular flexibility index (Phi) is 11.5. The van der Waals surface area contributed by atoms with E-state index in [0.29, 0.717) is 37.4 Å². The maximum Gasteiger partial charge on any atom is 0.219 e. The van der Waals surface area contributed by atoms with Gasteiger partial charge >= 0.3 is 0 Å². The standard InChI is InChI=1S/C31H40N2O4S/c1-25(26-15-6-3-7-16-26)33(2)24-14-23-32-30(34)22-13-12-21-29(31(35)27-17-8-4-9-18-27)38(36,37)28-19-10-5-11-20-28/h3-11,15-20,25,29,31,35H,12-14,21-24H2,1-2H3,(H,32,34)/t25-,29?,31?/m1/s1. The maximum atomic E-state index is 13.4. The number of unbranched alkanes of at least 4 members (excludes halogenated alkanes) is 1. The van der Waals surface area contributed by atoms with Crippen molar-refractivity contribution < 1.29 is 18.3 Å². The lowest BCUT2D eigenvalue weighted by Crippen LogP contribution is -2.30. The molecule has 0 aliphatic rings. The molecule has 3 atom stereocenters. The van der Waals surface area contributed by atoms with Gasteiger partial charge in [-0.3, -0.25) is 9.69 Å². The highest BCUT2D eigenvalue weighted by atomic mass is 32.2. The highest BCUT2D eigenvalue weighted by Crippen LogP contribution is 2.31. The highest BCUT2D eigenvalue weighted by Gasteiger charge is 2.34. The lowest BCUT2D eigenvalue weighted by Gasteiger charge is -2.25. The Labute approximate surface area is 227 Å². The fourth-order valence-electron chi connectivity index (χ4n) is 4.59. The molecule has 0 aliphatic carbocycles. The fourth-order valence-corrected chi connectivity index (χ4v) is 6.45. The molecule has 0 fully saturated rings. The van der Waals surface area contributed by atoms with Crippen molar-refractivity contribution in [2.24, 2.45) is 0 Å². The molecule has 0 radical (unpaired) electrons. The minimum absolute atomic E-state index is 0.0326. The van der Waals surface area contributed by atoms with Crippen molar-refractivity contribution in [2.45, 2.75) is 61.3 Å². The number of carbonyl (C=O) groups is 1. The summed E-state index contributed by atoms with van der Waals surface area (Å²) in [6.07, 6.45) is 1.37. The molecular formula is C31H40N2O4S. The summed E-state index contributed by atoms with van der Waals surface area (Å²) < 4.78 is 26.8. The molecule has 2 N–H and O–H groups in total. The number of amides is 1. The monoisotopic (exact) mass is 536 g/mol. The molecule has 0 saturated heterocycles. The number of nitrogens with one attached hydrogen (secondary N) is 1. The summed E-state index contributed by atoms with van der Waals surface area (Å²) in [5.74, 6) is -0.0326. The first-order chi connectivity index (χ1) is 18.3. The number of nitrogens with zero attached hydrogens (tertiary/aromatic N) is 1. The number of hydrogen-bond acceptors (Lipinski definition) is 5. The van der Waals surface area contributed by atoms with Crippen molar-refractivity contribution in [3.63, 3.8) is 0 Å². The molecule has 0 aromatic heterocycles. The number of aliphatic hydroxyl groups is 1. The summed E-state index contributed by atoms with van der Waals surface area (Å²) in [7, 11) is -1.67. The van der Waals surface area contributed by atoms with Crippen LogP contribution in [0.2, 0.25) is 0 Å². The number of rotatable bonds is 15. The summed E-state index contributed by atoms with van der Waals surface area (Å²) in [5.41, 5.74) is 1.84. The van der Waals surface area contributed by atoms with Gasteiger partial charge in [-0.2, -0.15) is 0 Å². The van der Waals surface area contributed by atoms with Crippen LogP contribution in [0.15, 0.2) is 95.9 Å². The molecule has 204 valence electrons. The number of carbonyl (C=O) groups excluding carboxylic acids is 1. The number of benzene rings is 3. The van der Waals surface area contributed by atoms with Crippen LogP contribution in [0.5, 0.6) is 0 Å². The van der Waals surface area contributed by atoms with Crippen molar-refractivity contribution in [1.29, 1.82) is 0 Å². The molecule has 3 aromatic rings. The zero-order valence-electron chi connectivity index (χ0n) is 22.4. The van der Waals surface area contributed by atoms with Crippen LogP contribution >= 0.6 is 0 Å². The van der Waals surface area contributed by atoms with E-state index in [2.05, 4.69) is 36.3 Å². The highest BCUT2D eigenvalue weighted by molar-refractivity contribution is 7.92. The zero-order valence-corrected chi connectivity index (χ0v) is 23.2. The van der Waals surface area contributed by atoms with Crippen LogP contribution in [0.3, 0.4) is 0 Å². The largest absolute Gasteiger partial charge is 0.387 e. The van der Waals surface area contributed by atoms with Gasteiger partial charge < -0.3 is 10.4 Å². The first-order valence-electron chi connectivity index (χ1n) is 13.3. The summed E-state index contributed by atoms with van der Waals surface area (Å²) in [5, 5.41) is 13.0. The molecule has 7 heteroatoms. The summed E-state index contributed by atoms with van der Waals surface area (Å²) in [6, 6.07) is 27.8. The predicted molar refractivity (Wildman–Crippen MR) is 152 cm³/mol. The van der Waals surface area contributed by atoms with E-state index >= 15 is 0 Å². The summed E-state index contributed by atoms with van der Waals surface area (Å²) in [4.78, 5) is 14.8. The normalized spacial score (nSPS) is 14.1. The van der Waals surface area contributed by atoms with E-state index in [0.717, 1.165) is 13.0 Å². The second-order valence-corrected chi connectivity index (χ2v) is 11.9. The molecule has 3 rings (SSSR count). The Hall–Kier alpha value is -3.00. The van der Waals surface area contributed by atoms with E-state index in [4.69, 9.17) is 0 Å². The van der Waals surface area contributed by atoms with Crippen molar-refractivity contribution >= 4 is 15.7 Å². The topological polar surface area (TPSA) is 86.7 Å². The van der Waals surface area contributed by atoms with Gasteiger partial charge in [0.25, 0.3) is 0 Å². The summed E-state index contributed by atoms with van der Waals surface area (Å²) in [6.45, 7) is 3.64. The molecule has 0 spiro atoms. The molecule has 0 saturated carbocycles. The first kappa shape index (κ1) is 29.6. The van der Waals surface area contributed by atoms with Crippen LogP contribution in [-0.4, -0.2) is 49.7 Å². The number of aliphatic hydroxyl groups excluding tert-OH is 1.